The fourth-order valence-corrected chi connectivity index (χ4v) is 1.62. The summed E-state index contributed by atoms with van der Waals surface area (Å²) in [5.41, 5.74) is 1.38. The lowest BCUT2D eigenvalue weighted by Crippen LogP contribution is -2.22. The molecule has 2 nitrogen and oxygen atoms in total. The maximum Gasteiger partial charge on any atom is 0.0820 e. The summed E-state index contributed by atoms with van der Waals surface area (Å²) in [7, 11) is 0. The SMILES string of the molecule is CC(C)C1=CC(C)C(OCCO)C=C1. The highest BCUT2D eigenvalue weighted by Gasteiger charge is 2.17. The van der Waals surface area contributed by atoms with Crippen molar-refractivity contribution in [3.05, 3.63) is 23.8 Å². The molecule has 14 heavy (non-hydrogen) atoms. The number of aliphatic hydroxyl groups is 1. The lowest BCUT2D eigenvalue weighted by atomic mass is 9.90. The molecular weight excluding hydrogens is 176 g/mol. The smallest absolute Gasteiger partial charge is 0.0820 e. The van der Waals surface area contributed by atoms with Crippen molar-refractivity contribution >= 4 is 0 Å². The maximum absolute atomic E-state index is 8.66. The molecule has 0 fully saturated rings. The van der Waals surface area contributed by atoms with E-state index in [0.717, 1.165) is 0 Å². The summed E-state index contributed by atoms with van der Waals surface area (Å²) >= 11 is 0. The van der Waals surface area contributed by atoms with Crippen molar-refractivity contribution in [2.45, 2.75) is 26.9 Å². The molecule has 2 heteroatoms. The minimum atomic E-state index is 0.0951. The predicted octanol–water partition coefficient (Wildman–Crippen LogP) is 2.15. The van der Waals surface area contributed by atoms with Crippen LogP contribution in [-0.4, -0.2) is 24.4 Å². The molecule has 0 saturated heterocycles. The van der Waals surface area contributed by atoms with E-state index in [1.165, 1.54) is 5.57 Å². The van der Waals surface area contributed by atoms with Gasteiger partial charge in [-0.1, -0.05) is 39.0 Å². The van der Waals surface area contributed by atoms with E-state index in [9.17, 15) is 0 Å². The fraction of sp³-hybridized carbons (Fsp3) is 0.667. The largest absolute Gasteiger partial charge is 0.394 e. The van der Waals surface area contributed by atoms with Crippen LogP contribution in [0.3, 0.4) is 0 Å². The Kier molecular flexibility index (Phi) is 4.36. The number of hydrogen-bond donors (Lipinski definition) is 1. The van der Waals surface area contributed by atoms with Crippen LogP contribution in [0.25, 0.3) is 0 Å². The third kappa shape index (κ3) is 2.96. The molecule has 2 atom stereocenters. The van der Waals surface area contributed by atoms with Crippen molar-refractivity contribution in [3.63, 3.8) is 0 Å². The molecule has 1 rings (SSSR count). The third-order valence-electron chi connectivity index (χ3n) is 2.52. The highest BCUT2D eigenvalue weighted by molar-refractivity contribution is 5.27. The predicted molar refractivity (Wildman–Crippen MR) is 58.1 cm³/mol. The molecule has 0 amide bonds. The van der Waals surface area contributed by atoms with Crippen LogP contribution in [0.4, 0.5) is 0 Å². The van der Waals surface area contributed by atoms with Crippen molar-refractivity contribution in [1.29, 1.82) is 0 Å². The summed E-state index contributed by atoms with van der Waals surface area (Å²) in [5, 5.41) is 8.66. The van der Waals surface area contributed by atoms with Gasteiger partial charge in [-0.3, -0.25) is 0 Å². The summed E-state index contributed by atoms with van der Waals surface area (Å²) in [5.74, 6) is 0.983. The molecule has 0 heterocycles. The van der Waals surface area contributed by atoms with E-state index in [4.69, 9.17) is 9.84 Å². The second kappa shape index (κ2) is 5.32. The van der Waals surface area contributed by atoms with E-state index in [1.54, 1.807) is 0 Å². The molecular formula is C12H20O2. The molecule has 1 N–H and O–H groups in total. The minimum absolute atomic E-state index is 0.0951. The number of allylic oxidation sites excluding steroid dienone is 2. The Balaban J connectivity index is 2.52. The first kappa shape index (κ1) is 11.5. The molecule has 0 spiro atoms. The Morgan fingerprint density at radius 1 is 1.50 bits per heavy atom. The Morgan fingerprint density at radius 3 is 2.71 bits per heavy atom. The standard InChI is InChI=1S/C12H20O2/c1-9(2)11-4-5-12(10(3)8-11)14-7-6-13/h4-5,8-10,12-13H,6-7H2,1-3H3. The first-order valence-electron chi connectivity index (χ1n) is 5.27. The number of rotatable bonds is 4. The summed E-state index contributed by atoms with van der Waals surface area (Å²) in [6, 6.07) is 0. The van der Waals surface area contributed by atoms with Crippen LogP contribution in [0.15, 0.2) is 23.8 Å². The Morgan fingerprint density at radius 2 is 2.21 bits per heavy atom. The molecule has 0 bridgehead atoms. The summed E-state index contributed by atoms with van der Waals surface area (Å²) < 4.78 is 5.49. The molecule has 0 aliphatic heterocycles. The highest BCUT2D eigenvalue weighted by atomic mass is 16.5. The van der Waals surface area contributed by atoms with Gasteiger partial charge in [0.05, 0.1) is 19.3 Å². The van der Waals surface area contributed by atoms with Crippen molar-refractivity contribution in [1.82, 2.24) is 0 Å². The molecule has 0 aromatic heterocycles. The Labute approximate surface area is 86.3 Å². The summed E-state index contributed by atoms with van der Waals surface area (Å²) in [6.07, 6.45) is 6.61. The molecule has 2 unspecified atom stereocenters. The highest BCUT2D eigenvalue weighted by Crippen LogP contribution is 2.23. The van der Waals surface area contributed by atoms with Gasteiger partial charge < -0.3 is 9.84 Å². The zero-order valence-electron chi connectivity index (χ0n) is 9.23. The van der Waals surface area contributed by atoms with Gasteiger partial charge in [-0.15, -0.1) is 0 Å². The Hall–Kier alpha value is -0.600. The van der Waals surface area contributed by atoms with Gasteiger partial charge in [0, 0.05) is 5.92 Å². The molecule has 0 aromatic carbocycles. The van der Waals surface area contributed by atoms with Crippen molar-refractivity contribution in [3.8, 4) is 0 Å². The molecule has 1 aliphatic rings. The van der Waals surface area contributed by atoms with Crippen LogP contribution in [-0.2, 0) is 4.74 Å². The van der Waals surface area contributed by atoms with Crippen molar-refractivity contribution < 1.29 is 9.84 Å². The fourth-order valence-electron chi connectivity index (χ4n) is 1.62. The van der Waals surface area contributed by atoms with Crippen molar-refractivity contribution in [2.75, 3.05) is 13.2 Å². The van der Waals surface area contributed by atoms with Gasteiger partial charge in [0.1, 0.15) is 0 Å². The average molecular weight is 196 g/mol. The van der Waals surface area contributed by atoms with Crippen LogP contribution in [0.1, 0.15) is 20.8 Å². The number of aliphatic hydroxyl groups excluding tert-OH is 1. The molecule has 80 valence electrons. The van der Waals surface area contributed by atoms with Crippen LogP contribution >= 0.6 is 0 Å². The number of ether oxygens (including phenoxy) is 1. The normalized spacial score (nSPS) is 26.8. The van der Waals surface area contributed by atoms with E-state index in [2.05, 4.69) is 39.0 Å². The summed E-state index contributed by atoms with van der Waals surface area (Å²) in [4.78, 5) is 0. The quantitative estimate of drug-likeness (QED) is 0.746. The van der Waals surface area contributed by atoms with E-state index in [1.807, 2.05) is 0 Å². The zero-order valence-corrected chi connectivity index (χ0v) is 9.23. The van der Waals surface area contributed by atoms with E-state index >= 15 is 0 Å². The van der Waals surface area contributed by atoms with Gasteiger partial charge in [-0.05, 0) is 11.5 Å². The van der Waals surface area contributed by atoms with Gasteiger partial charge >= 0.3 is 0 Å². The lowest BCUT2D eigenvalue weighted by molar-refractivity contribution is 0.0358. The van der Waals surface area contributed by atoms with Crippen LogP contribution < -0.4 is 0 Å². The molecule has 0 aromatic rings. The van der Waals surface area contributed by atoms with Crippen LogP contribution in [0, 0.1) is 11.8 Å². The van der Waals surface area contributed by atoms with Gasteiger partial charge in [0.15, 0.2) is 0 Å². The average Bonchev–Trinajstić information content (AvgIpc) is 2.15. The molecule has 1 aliphatic carbocycles. The first-order chi connectivity index (χ1) is 6.65. The second-order valence-electron chi connectivity index (χ2n) is 4.10. The van der Waals surface area contributed by atoms with Crippen LogP contribution in [0.2, 0.25) is 0 Å². The van der Waals surface area contributed by atoms with E-state index in [-0.39, 0.29) is 12.7 Å². The maximum atomic E-state index is 8.66. The van der Waals surface area contributed by atoms with Crippen LogP contribution in [0.5, 0.6) is 0 Å². The Bertz CT molecular complexity index is 228. The van der Waals surface area contributed by atoms with E-state index in [0.29, 0.717) is 18.4 Å². The second-order valence-corrected chi connectivity index (χ2v) is 4.10. The van der Waals surface area contributed by atoms with E-state index < -0.39 is 0 Å². The molecule has 0 saturated carbocycles. The number of hydrogen-bond acceptors (Lipinski definition) is 2. The topological polar surface area (TPSA) is 29.5 Å². The zero-order chi connectivity index (χ0) is 10.6. The minimum Gasteiger partial charge on any atom is -0.394 e. The van der Waals surface area contributed by atoms with Gasteiger partial charge in [0.2, 0.25) is 0 Å². The monoisotopic (exact) mass is 196 g/mol. The van der Waals surface area contributed by atoms with Crippen molar-refractivity contribution in [2.24, 2.45) is 11.8 Å². The van der Waals surface area contributed by atoms with Gasteiger partial charge in [0.25, 0.3) is 0 Å². The molecule has 0 radical (unpaired) electrons. The van der Waals surface area contributed by atoms with Gasteiger partial charge in [-0.25, -0.2) is 0 Å². The lowest BCUT2D eigenvalue weighted by Gasteiger charge is -2.24. The summed E-state index contributed by atoms with van der Waals surface area (Å²) in [6.45, 7) is 7.05. The van der Waals surface area contributed by atoms with Gasteiger partial charge in [-0.2, -0.15) is 0 Å². The third-order valence-corrected chi connectivity index (χ3v) is 2.52. The first-order valence-corrected chi connectivity index (χ1v) is 5.27.